The van der Waals surface area contributed by atoms with E-state index in [9.17, 15) is 14.3 Å². The minimum Gasteiger partial charge on any atom is -0.491 e. The molecule has 3 aromatic rings. The van der Waals surface area contributed by atoms with Crippen LogP contribution in [0, 0.1) is 12.7 Å². The summed E-state index contributed by atoms with van der Waals surface area (Å²) in [6.45, 7) is 6.92. The van der Waals surface area contributed by atoms with Crippen LogP contribution in [0.15, 0.2) is 51.7 Å². The van der Waals surface area contributed by atoms with E-state index in [4.69, 9.17) is 9.15 Å². The summed E-state index contributed by atoms with van der Waals surface area (Å²) in [6.07, 6.45) is -0.557. The molecule has 7 heteroatoms. The van der Waals surface area contributed by atoms with Crippen LogP contribution in [-0.4, -0.2) is 57.6 Å². The molecule has 0 aliphatic carbocycles. The number of fused-ring (bicyclic) bond motifs is 1. The van der Waals surface area contributed by atoms with Crippen molar-refractivity contribution >= 4 is 11.0 Å². The van der Waals surface area contributed by atoms with E-state index in [1.807, 2.05) is 0 Å². The van der Waals surface area contributed by atoms with Crippen LogP contribution in [0.4, 0.5) is 4.39 Å². The van der Waals surface area contributed by atoms with Gasteiger partial charge >= 0.3 is 0 Å². The molecule has 0 spiro atoms. The fourth-order valence-corrected chi connectivity index (χ4v) is 4.14. The maximum Gasteiger partial charge on any atom is 0.200 e. The van der Waals surface area contributed by atoms with Crippen LogP contribution in [0.5, 0.6) is 5.75 Å². The van der Waals surface area contributed by atoms with Crippen molar-refractivity contribution in [3.63, 3.8) is 0 Å². The molecule has 1 saturated heterocycles. The molecular weight excluding hydrogens is 399 g/mol. The fourth-order valence-electron chi connectivity index (χ4n) is 4.14. The lowest BCUT2D eigenvalue weighted by Crippen LogP contribution is -3.27. The van der Waals surface area contributed by atoms with Crippen molar-refractivity contribution < 1.29 is 28.5 Å². The number of aryl methyl sites for hydroxylation is 1. The van der Waals surface area contributed by atoms with Gasteiger partial charge in [-0.05, 0) is 36.8 Å². The van der Waals surface area contributed by atoms with E-state index < -0.39 is 6.10 Å². The van der Waals surface area contributed by atoms with Crippen LogP contribution in [0.2, 0.25) is 0 Å². The van der Waals surface area contributed by atoms with Gasteiger partial charge in [-0.1, -0.05) is 12.1 Å². The summed E-state index contributed by atoms with van der Waals surface area (Å²) in [6, 6.07) is 10.9. The van der Waals surface area contributed by atoms with Gasteiger partial charge in [0.15, 0.2) is 0 Å². The summed E-state index contributed by atoms with van der Waals surface area (Å²) in [5, 5.41) is 10.8. The molecule has 1 aliphatic heterocycles. The van der Waals surface area contributed by atoms with Gasteiger partial charge in [0.2, 0.25) is 5.43 Å². The average molecular weight is 429 g/mol. The van der Waals surface area contributed by atoms with E-state index in [0.717, 1.165) is 26.2 Å². The normalized spacial score (nSPS) is 20.0. The number of aliphatic hydroxyl groups excluding tert-OH is 1. The van der Waals surface area contributed by atoms with E-state index in [1.54, 1.807) is 37.3 Å². The molecular formula is C24H29FN2O4+2. The molecule has 164 valence electrons. The Morgan fingerprint density at radius 2 is 1.84 bits per heavy atom. The summed E-state index contributed by atoms with van der Waals surface area (Å²) in [7, 11) is 2.19. The molecule has 0 saturated carbocycles. The highest BCUT2D eigenvalue weighted by Gasteiger charge is 2.23. The molecule has 2 aromatic carbocycles. The summed E-state index contributed by atoms with van der Waals surface area (Å²) in [5.74, 6) is 0.648. The second-order valence-corrected chi connectivity index (χ2v) is 8.40. The third kappa shape index (κ3) is 4.95. The Bertz CT molecular complexity index is 1110. The molecule has 1 fully saturated rings. The van der Waals surface area contributed by atoms with Crippen molar-refractivity contribution in [2.75, 3.05) is 46.4 Å². The van der Waals surface area contributed by atoms with Crippen molar-refractivity contribution in [3.8, 4) is 16.9 Å². The quantitative estimate of drug-likeness (QED) is 0.520. The highest BCUT2D eigenvalue weighted by molar-refractivity contribution is 5.83. The molecule has 6 nitrogen and oxygen atoms in total. The van der Waals surface area contributed by atoms with Crippen LogP contribution in [-0.2, 0) is 0 Å². The van der Waals surface area contributed by atoms with E-state index in [-0.39, 0.29) is 17.9 Å². The number of hydrogen-bond acceptors (Lipinski definition) is 4. The SMILES string of the molecule is Cc1oc2cc(OC[C@@H](O)C[NH+]3CC[NH+](C)CC3)ccc2c(=O)c1-c1ccc(F)cc1. The lowest BCUT2D eigenvalue weighted by Gasteiger charge is -2.28. The Hall–Kier alpha value is -2.74. The molecule has 3 N–H and O–H groups in total. The number of hydrogen-bond donors (Lipinski definition) is 3. The Balaban J connectivity index is 1.47. The first kappa shape index (κ1) is 21.5. The number of aliphatic hydroxyl groups is 1. The number of benzene rings is 2. The average Bonchev–Trinajstić information content (AvgIpc) is 2.75. The minimum absolute atomic E-state index is 0.169. The highest BCUT2D eigenvalue weighted by Crippen LogP contribution is 2.26. The number of ether oxygens (including phenoxy) is 1. The van der Waals surface area contributed by atoms with Gasteiger partial charge in [0, 0.05) is 6.07 Å². The minimum atomic E-state index is -0.557. The molecule has 1 aliphatic rings. The molecule has 0 amide bonds. The van der Waals surface area contributed by atoms with Crippen molar-refractivity contribution in [2.45, 2.75) is 13.0 Å². The summed E-state index contributed by atoms with van der Waals surface area (Å²) in [4.78, 5) is 15.9. The fraction of sp³-hybridized carbons (Fsp3) is 0.375. The monoisotopic (exact) mass is 428 g/mol. The molecule has 31 heavy (non-hydrogen) atoms. The first-order valence-corrected chi connectivity index (χ1v) is 10.7. The molecule has 1 atom stereocenters. The van der Waals surface area contributed by atoms with Crippen molar-refractivity contribution in [2.24, 2.45) is 0 Å². The maximum atomic E-state index is 13.2. The largest absolute Gasteiger partial charge is 0.491 e. The van der Waals surface area contributed by atoms with Gasteiger partial charge in [0.25, 0.3) is 0 Å². The van der Waals surface area contributed by atoms with Gasteiger partial charge in [0.05, 0.1) is 18.0 Å². The number of halogens is 1. The summed E-state index contributed by atoms with van der Waals surface area (Å²) < 4.78 is 24.9. The molecule has 1 aromatic heterocycles. The predicted octanol–water partition coefficient (Wildman–Crippen LogP) is 0.0604. The van der Waals surface area contributed by atoms with Gasteiger partial charge in [-0.15, -0.1) is 0 Å². The van der Waals surface area contributed by atoms with E-state index in [2.05, 4.69) is 7.05 Å². The predicted molar refractivity (Wildman–Crippen MR) is 116 cm³/mol. The Kier molecular flexibility index (Phi) is 6.36. The van der Waals surface area contributed by atoms with Crippen molar-refractivity contribution in [1.82, 2.24) is 0 Å². The number of piperazine rings is 1. The van der Waals surface area contributed by atoms with Crippen LogP contribution in [0.3, 0.4) is 0 Å². The molecule has 0 bridgehead atoms. The van der Waals surface area contributed by atoms with Crippen LogP contribution < -0.4 is 20.0 Å². The van der Waals surface area contributed by atoms with Crippen LogP contribution in [0.1, 0.15) is 5.76 Å². The zero-order valence-electron chi connectivity index (χ0n) is 17.9. The van der Waals surface area contributed by atoms with Gasteiger partial charge in [0.1, 0.15) is 68.3 Å². The molecule has 4 rings (SSSR count). The van der Waals surface area contributed by atoms with Gasteiger partial charge in [-0.25, -0.2) is 4.39 Å². The van der Waals surface area contributed by atoms with Crippen LogP contribution in [0.25, 0.3) is 22.1 Å². The van der Waals surface area contributed by atoms with Crippen LogP contribution >= 0.6 is 0 Å². The maximum absolute atomic E-state index is 13.2. The second kappa shape index (κ2) is 9.18. The Labute approximate surface area is 180 Å². The summed E-state index contributed by atoms with van der Waals surface area (Å²) in [5.41, 5.74) is 1.30. The topological polar surface area (TPSA) is 68.5 Å². The van der Waals surface area contributed by atoms with Gasteiger partial charge in [-0.3, -0.25) is 4.79 Å². The zero-order chi connectivity index (χ0) is 22.0. The third-order valence-corrected chi connectivity index (χ3v) is 5.95. The highest BCUT2D eigenvalue weighted by atomic mass is 19.1. The van der Waals surface area contributed by atoms with E-state index >= 15 is 0 Å². The first-order valence-electron chi connectivity index (χ1n) is 10.7. The summed E-state index contributed by atoms with van der Waals surface area (Å²) >= 11 is 0. The lowest BCUT2D eigenvalue weighted by atomic mass is 10.0. The smallest absolute Gasteiger partial charge is 0.200 e. The zero-order valence-corrected chi connectivity index (χ0v) is 17.9. The van der Waals surface area contributed by atoms with E-state index in [0.29, 0.717) is 40.2 Å². The third-order valence-electron chi connectivity index (χ3n) is 5.95. The number of nitrogens with one attached hydrogen (secondary N) is 2. The standard InChI is InChI=1S/C24H27FN2O4/c1-16-23(17-3-5-18(25)6-4-17)24(29)21-8-7-20(13-22(21)31-16)30-15-19(28)14-27-11-9-26(2)10-12-27/h3-8,13,19,28H,9-12,14-15H2,1-2H3/p+2/t19-/m0/s1. The Morgan fingerprint density at radius 1 is 1.13 bits per heavy atom. The first-order chi connectivity index (χ1) is 14.9. The van der Waals surface area contributed by atoms with Gasteiger partial charge in [-0.2, -0.15) is 0 Å². The number of likely N-dealkylation sites (N-methyl/N-ethyl adjacent to an activating group) is 1. The lowest BCUT2D eigenvalue weighted by molar-refractivity contribution is -1.00. The van der Waals surface area contributed by atoms with Gasteiger partial charge < -0.3 is 24.1 Å². The van der Waals surface area contributed by atoms with Crippen molar-refractivity contribution in [1.29, 1.82) is 0 Å². The van der Waals surface area contributed by atoms with E-state index in [1.165, 1.54) is 21.9 Å². The molecule has 2 heterocycles. The molecule has 0 unspecified atom stereocenters. The Morgan fingerprint density at radius 3 is 2.55 bits per heavy atom. The number of quaternary nitrogens is 2. The van der Waals surface area contributed by atoms with Crippen molar-refractivity contribution in [3.05, 3.63) is 64.3 Å². The number of rotatable bonds is 6. The second-order valence-electron chi connectivity index (χ2n) is 8.40. The molecule has 0 radical (unpaired) electrons.